The second-order valence-electron chi connectivity index (χ2n) is 4.96. The molecule has 0 aliphatic carbocycles. The summed E-state index contributed by atoms with van der Waals surface area (Å²) in [6.45, 7) is 7.95. The van der Waals surface area contributed by atoms with Gasteiger partial charge in [-0.05, 0) is 19.8 Å². The van der Waals surface area contributed by atoms with E-state index in [-0.39, 0.29) is 31.8 Å². The predicted octanol–water partition coefficient (Wildman–Crippen LogP) is 1.93. The van der Waals surface area contributed by atoms with Crippen molar-refractivity contribution >= 4 is 7.60 Å². The fourth-order valence-electron chi connectivity index (χ4n) is 1.87. The summed E-state index contributed by atoms with van der Waals surface area (Å²) in [5.41, 5.74) is -1.24. The van der Waals surface area contributed by atoms with E-state index in [9.17, 15) is 9.67 Å². The average Bonchev–Trinajstić information content (AvgIpc) is 2.81. The zero-order valence-corrected chi connectivity index (χ0v) is 13.4. The van der Waals surface area contributed by atoms with Gasteiger partial charge in [-0.15, -0.1) is 0 Å². The van der Waals surface area contributed by atoms with Crippen LogP contribution in [0, 0.1) is 5.92 Å². The molecule has 0 saturated carbocycles. The largest absolute Gasteiger partial charge is 0.387 e. The lowest BCUT2D eigenvalue weighted by atomic mass is 9.92. The van der Waals surface area contributed by atoms with Gasteiger partial charge in [0, 0.05) is 0 Å². The fourth-order valence-corrected chi connectivity index (χ4v) is 4.05. The molecule has 0 radical (unpaired) electrons. The number of aromatic nitrogens is 3. The second-order valence-corrected chi connectivity index (χ2v) is 7.01. The Kier molecular flexibility index (Phi) is 6.33. The van der Waals surface area contributed by atoms with Gasteiger partial charge in [-0.2, -0.15) is 5.10 Å². The molecule has 0 aliphatic heterocycles. The maximum Gasteiger partial charge on any atom is 0.333 e. The highest BCUT2D eigenvalue weighted by molar-refractivity contribution is 7.53. The molecule has 1 heterocycles. The van der Waals surface area contributed by atoms with Gasteiger partial charge in [-0.3, -0.25) is 9.25 Å². The van der Waals surface area contributed by atoms with E-state index < -0.39 is 13.2 Å². The lowest BCUT2D eigenvalue weighted by molar-refractivity contribution is -0.00830. The highest BCUT2D eigenvalue weighted by Gasteiger charge is 2.41. The molecular weight excluding hydrogens is 281 g/mol. The lowest BCUT2D eigenvalue weighted by Gasteiger charge is -2.34. The van der Waals surface area contributed by atoms with Gasteiger partial charge < -0.3 is 14.2 Å². The summed E-state index contributed by atoms with van der Waals surface area (Å²) in [6, 6.07) is 0. The summed E-state index contributed by atoms with van der Waals surface area (Å²) in [5.74, 6) is -0.138. The quantitative estimate of drug-likeness (QED) is 0.702. The molecular formula is C12H24N3O4P. The topological polar surface area (TPSA) is 86.5 Å². The van der Waals surface area contributed by atoms with Gasteiger partial charge >= 0.3 is 7.60 Å². The van der Waals surface area contributed by atoms with Crippen molar-refractivity contribution in [3.63, 3.8) is 0 Å². The Hall–Kier alpha value is -0.750. The van der Waals surface area contributed by atoms with Gasteiger partial charge in [0.15, 0.2) is 0 Å². The number of nitrogens with zero attached hydrogens (tertiary/aromatic N) is 3. The van der Waals surface area contributed by atoms with Crippen molar-refractivity contribution in [1.82, 2.24) is 14.8 Å². The number of aliphatic hydroxyl groups is 1. The Labute approximate surface area is 119 Å². The summed E-state index contributed by atoms with van der Waals surface area (Å²) < 4.78 is 24.7. The van der Waals surface area contributed by atoms with Gasteiger partial charge in [0.25, 0.3) is 0 Å². The first-order chi connectivity index (χ1) is 9.35. The minimum atomic E-state index is -3.32. The first kappa shape index (κ1) is 17.3. The van der Waals surface area contributed by atoms with Crippen LogP contribution in [-0.4, -0.2) is 44.8 Å². The van der Waals surface area contributed by atoms with Crippen LogP contribution in [0.25, 0.3) is 0 Å². The fraction of sp³-hybridized carbons (Fsp3) is 0.833. The summed E-state index contributed by atoms with van der Waals surface area (Å²) in [7, 11) is -3.32. The molecule has 0 bridgehead atoms. The molecule has 1 atom stereocenters. The number of hydrogen-bond donors (Lipinski definition) is 1. The third kappa shape index (κ3) is 4.66. The Morgan fingerprint density at radius 2 is 1.95 bits per heavy atom. The monoisotopic (exact) mass is 305 g/mol. The standard InChI is InChI=1S/C12H24N3O4P/c1-5-18-20(17,19-6-2)8-12(16,11(3)4)7-15-10-13-9-14-15/h9-11,16H,5-8H2,1-4H3. The predicted molar refractivity (Wildman–Crippen MR) is 75.5 cm³/mol. The normalized spacial score (nSPS) is 15.5. The molecule has 0 saturated heterocycles. The zero-order valence-electron chi connectivity index (χ0n) is 12.5. The molecule has 20 heavy (non-hydrogen) atoms. The van der Waals surface area contributed by atoms with Crippen molar-refractivity contribution in [2.75, 3.05) is 19.4 Å². The van der Waals surface area contributed by atoms with Crippen LogP contribution in [0.5, 0.6) is 0 Å². The summed E-state index contributed by atoms with van der Waals surface area (Å²) in [6.07, 6.45) is 2.84. The van der Waals surface area contributed by atoms with Crippen molar-refractivity contribution in [3.8, 4) is 0 Å². The van der Waals surface area contributed by atoms with Crippen molar-refractivity contribution < 1.29 is 18.7 Å². The van der Waals surface area contributed by atoms with Crippen molar-refractivity contribution in [2.45, 2.75) is 39.8 Å². The van der Waals surface area contributed by atoms with E-state index in [0.717, 1.165) is 0 Å². The molecule has 1 unspecified atom stereocenters. The molecule has 1 aromatic heterocycles. The maximum atomic E-state index is 12.6. The molecule has 116 valence electrons. The Morgan fingerprint density at radius 1 is 1.35 bits per heavy atom. The number of hydrogen-bond acceptors (Lipinski definition) is 6. The smallest absolute Gasteiger partial charge is 0.333 e. The van der Waals surface area contributed by atoms with Gasteiger partial charge in [0.2, 0.25) is 0 Å². The van der Waals surface area contributed by atoms with Crippen LogP contribution in [0.3, 0.4) is 0 Å². The van der Waals surface area contributed by atoms with Crippen LogP contribution in [0.1, 0.15) is 27.7 Å². The highest BCUT2D eigenvalue weighted by Crippen LogP contribution is 2.51. The average molecular weight is 305 g/mol. The Bertz CT molecular complexity index is 428. The summed E-state index contributed by atoms with van der Waals surface area (Å²) in [5, 5.41) is 14.8. The van der Waals surface area contributed by atoms with Gasteiger partial charge in [-0.1, -0.05) is 13.8 Å². The van der Waals surface area contributed by atoms with Crippen LogP contribution < -0.4 is 0 Å². The third-order valence-electron chi connectivity index (χ3n) is 3.10. The van der Waals surface area contributed by atoms with Crippen LogP contribution in [-0.2, 0) is 20.2 Å². The third-order valence-corrected chi connectivity index (χ3v) is 5.33. The van der Waals surface area contributed by atoms with E-state index in [1.165, 1.54) is 17.3 Å². The first-order valence-electron chi connectivity index (χ1n) is 6.78. The molecule has 1 N–H and O–H groups in total. The maximum absolute atomic E-state index is 12.6. The van der Waals surface area contributed by atoms with E-state index in [2.05, 4.69) is 10.1 Å². The first-order valence-corrected chi connectivity index (χ1v) is 8.51. The minimum absolute atomic E-state index is 0.0702. The Morgan fingerprint density at radius 3 is 2.35 bits per heavy atom. The molecule has 8 heteroatoms. The zero-order chi connectivity index (χ0) is 15.2. The molecule has 1 rings (SSSR count). The molecule has 0 aliphatic rings. The molecule has 7 nitrogen and oxygen atoms in total. The van der Waals surface area contributed by atoms with E-state index >= 15 is 0 Å². The van der Waals surface area contributed by atoms with Crippen LogP contribution >= 0.6 is 7.60 Å². The second kappa shape index (κ2) is 7.31. The van der Waals surface area contributed by atoms with Crippen LogP contribution in [0.2, 0.25) is 0 Å². The molecule has 0 spiro atoms. The van der Waals surface area contributed by atoms with E-state index in [0.29, 0.717) is 0 Å². The van der Waals surface area contributed by atoms with E-state index in [1.807, 2.05) is 13.8 Å². The highest BCUT2D eigenvalue weighted by atomic mass is 31.2. The van der Waals surface area contributed by atoms with Crippen LogP contribution in [0.4, 0.5) is 0 Å². The van der Waals surface area contributed by atoms with Gasteiger partial charge in [0.1, 0.15) is 12.7 Å². The number of rotatable bonds is 9. The van der Waals surface area contributed by atoms with Crippen LogP contribution in [0.15, 0.2) is 12.7 Å². The molecule has 0 aromatic carbocycles. The van der Waals surface area contributed by atoms with E-state index in [1.54, 1.807) is 13.8 Å². The summed E-state index contributed by atoms with van der Waals surface area (Å²) >= 11 is 0. The van der Waals surface area contributed by atoms with Crippen molar-refractivity contribution in [3.05, 3.63) is 12.7 Å². The van der Waals surface area contributed by atoms with Crippen molar-refractivity contribution in [2.24, 2.45) is 5.92 Å². The summed E-state index contributed by atoms with van der Waals surface area (Å²) in [4.78, 5) is 3.84. The SMILES string of the molecule is CCOP(=O)(CC(O)(Cn1cncn1)C(C)C)OCC. The lowest BCUT2D eigenvalue weighted by Crippen LogP contribution is -2.43. The van der Waals surface area contributed by atoms with E-state index in [4.69, 9.17) is 9.05 Å². The molecule has 1 aromatic rings. The molecule has 0 amide bonds. The minimum Gasteiger partial charge on any atom is -0.387 e. The van der Waals surface area contributed by atoms with Gasteiger partial charge in [0.05, 0.1) is 31.5 Å². The Balaban J connectivity index is 2.91. The molecule has 0 fully saturated rings. The van der Waals surface area contributed by atoms with Crippen molar-refractivity contribution in [1.29, 1.82) is 0 Å². The van der Waals surface area contributed by atoms with Gasteiger partial charge in [-0.25, -0.2) is 4.98 Å².